The number of carbonyl (C=O) groups excluding carboxylic acids is 1. The number of carboxylic acids is 1. The smallest absolute Gasteiger partial charge is 0.334 e. The third-order valence-corrected chi connectivity index (χ3v) is 3.27. The highest BCUT2D eigenvalue weighted by molar-refractivity contribution is 5.78. The SMILES string of the molecule is COC(CNC(=O)CCC(CCN)C(C)C)C(=O)O. The Labute approximate surface area is 114 Å². The minimum atomic E-state index is -1.08. The molecule has 0 saturated carbocycles. The highest BCUT2D eigenvalue weighted by Gasteiger charge is 2.18. The number of rotatable bonds is 10. The summed E-state index contributed by atoms with van der Waals surface area (Å²) in [5, 5.41) is 11.3. The van der Waals surface area contributed by atoms with Gasteiger partial charge in [-0.25, -0.2) is 4.79 Å². The molecule has 6 heteroatoms. The molecule has 0 heterocycles. The molecule has 0 bridgehead atoms. The number of carbonyl (C=O) groups is 2. The molecule has 0 rings (SSSR count). The van der Waals surface area contributed by atoms with E-state index in [2.05, 4.69) is 19.2 Å². The van der Waals surface area contributed by atoms with Gasteiger partial charge in [0.15, 0.2) is 6.10 Å². The number of nitrogens with one attached hydrogen (secondary N) is 1. The summed E-state index contributed by atoms with van der Waals surface area (Å²) in [6.07, 6.45) is 1.07. The highest BCUT2D eigenvalue weighted by atomic mass is 16.5. The first kappa shape index (κ1) is 17.9. The van der Waals surface area contributed by atoms with Crippen molar-refractivity contribution in [2.45, 2.75) is 39.2 Å². The number of amides is 1. The summed E-state index contributed by atoms with van der Waals surface area (Å²) in [4.78, 5) is 22.3. The highest BCUT2D eigenvalue weighted by Crippen LogP contribution is 2.20. The predicted octanol–water partition coefficient (Wildman–Crippen LogP) is 0.603. The average Bonchev–Trinajstić information content (AvgIpc) is 2.34. The van der Waals surface area contributed by atoms with Crippen molar-refractivity contribution in [1.29, 1.82) is 0 Å². The Balaban J connectivity index is 4.00. The van der Waals surface area contributed by atoms with E-state index in [9.17, 15) is 9.59 Å². The van der Waals surface area contributed by atoms with Crippen LogP contribution in [-0.4, -0.2) is 43.3 Å². The third-order valence-electron chi connectivity index (χ3n) is 3.27. The number of hydrogen-bond donors (Lipinski definition) is 3. The fourth-order valence-corrected chi connectivity index (χ4v) is 1.91. The molecular formula is C13H26N2O4. The molecule has 0 aromatic heterocycles. The van der Waals surface area contributed by atoms with Gasteiger partial charge in [-0.1, -0.05) is 13.8 Å². The molecule has 6 nitrogen and oxygen atoms in total. The van der Waals surface area contributed by atoms with Crippen molar-refractivity contribution in [2.75, 3.05) is 20.2 Å². The first-order valence-corrected chi connectivity index (χ1v) is 6.64. The van der Waals surface area contributed by atoms with Gasteiger partial charge in [0.1, 0.15) is 0 Å². The van der Waals surface area contributed by atoms with Gasteiger partial charge in [-0.05, 0) is 31.2 Å². The summed E-state index contributed by atoms with van der Waals surface area (Å²) in [7, 11) is 1.31. The molecule has 0 aromatic carbocycles. The van der Waals surface area contributed by atoms with Gasteiger partial charge in [-0.3, -0.25) is 4.79 Å². The van der Waals surface area contributed by atoms with Gasteiger partial charge in [0.05, 0.1) is 6.54 Å². The van der Waals surface area contributed by atoms with Gasteiger partial charge < -0.3 is 20.9 Å². The zero-order valence-corrected chi connectivity index (χ0v) is 12.0. The van der Waals surface area contributed by atoms with Crippen LogP contribution in [0.4, 0.5) is 0 Å². The van der Waals surface area contributed by atoms with Crippen molar-refractivity contribution in [3.05, 3.63) is 0 Å². The number of methoxy groups -OCH3 is 1. The van der Waals surface area contributed by atoms with Crippen molar-refractivity contribution in [2.24, 2.45) is 17.6 Å². The lowest BCUT2D eigenvalue weighted by atomic mass is 9.88. The van der Waals surface area contributed by atoms with E-state index in [0.29, 0.717) is 24.8 Å². The lowest BCUT2D eigenvalue weighted by Gasteiger charge is -2.20. The molecule has 0 spiro atoms. The Morgan fingerprint density at radius 1 is 1.32 bits per heavy atom. The minimum Gasteiger partial charge on any atom is -0.479 e. The fourth-order valence-electron chi connectivity index (χ4n) is 1.91. The molecule has 0 saturated heterocycles. The standard InChI is InChI=1S/C13H26N2O4/c1-9(2)10(6-7-14)4-5-12(16)15-8-11(19-3)13(17)18/h9-11H,4-8,14H2,1-3H3,(H,15,16)(H,17,18). The zero-order valence-electron chi connectivity index (χ0n) is 12.0. The molecule has 0 fully saturated rings. The van der Waals surface area contributed by atoms with E-state index in [1.807, 2.05) is 0 Å². The number of ether oxygens (including phenoxy) is 1. The average molecular weight is 274 g/mol. The molecule has 4 N–H and O–H groups in total. The molecule has 1 amide bonds. The lowest BCUT2D eigenvalue weighted by Crippen LogP contribution is -2.38. The molecule has 2 atom stereocenters. The Morgan fingerprint density at radius 2 is 1.95 bits per heavy atom. The summed E-state index contributed by atoms with van der Waals surface area (Å²) in [6, 6.07) is 0. The maximum Gasteiger partial charge on any atom is 0.334 e. The molecule has 0 radical (unpaired) electrons. The van der Waals surface area contributed by atoms with Gasteiger partial charge >= 0.3 is 5.97 Å². The Morgan fingerprint density at radius 3 is 2.37 bits per heavy atom. The Hall–Kier alpha value is -1.14. The maximum atomic E-state index is 11.6. The van der Waals surface area contributed by atoms with E-state index < -0.39 is 12.1 Å². The van der Waals surface area contributed by atoms with Gasteiger partial charge in [-0.2, -0.15) is 0 Å². The molecule has 2 unspecified atom stereocenters. The van der Waals surface area contributed by atoms with Crippen molar-refractivity contribution in [3.63, 3.8) is 0 Å². The lowest BCUT2D eigenvalue weighted by molar-refractivity contribution is -0.148. The van der Waals surface area contributed by atoms with Crippen LogP contribution in [0.2, 0.25) is 0 Å². The van der Waals surface area contributed by atoms with Crippen molar-refractivity contribution >= 4 is 11.9 Å². The normalized spacial score (nSPS) is 14.2. The zero-order chi connectivity index (χ0) is 14.8. The molecule has 19 heavy (non-hydrogen) atoms. The fraction of sp³-hybridized carbons (Fsp3) is 0.846. The van der Waals surface area contributed by atoms with Crippen LogP contribution in [0.5, 0.6) is 0 Å². The van der Waals surface area contributed by atoms with E-state index in [-0.39, 0.29) is 12.5 Å². The number of aliphatic carboxylic acids is 1. The van der Waals surface area contributed by atoms with Crippen LogP contribution in [0.1, 0.15) is 33.1 Å². The maximum absolute atomic E-state index is 11.6. The van der Waals surface area contributed by atoms with Gasteiger partial charge in [-0.15, -0.1) is 0 Å². The third kappa shape index (κ3) is 7.79. The first-order valence-electron chi connectivity index (χ1n) is 6.64. The Kier molecular flexibility index (Phi) is 9.16. The molecule has 0 aromatic rings. The van der Waals surface area contributed by atoms with Crippen LogP contribution in [0.25, 0.3) is 0 Å². The second kappa shape index (κ2) is 9.75. The van der Waals surface area contributed by atoms with E-state index in [4.69, 9.17) is 15.6 Å². The molecule has 112 valence electrons. The topological polar surface area (TPSA) is 102 Å². The van der Waals surface area contributed by atoms with Crippen molar-refractivity contribution in [1.82, 2.24) is 5.32 Å². The first-order chi connectivity index (χ1) is 8.92. The van der Waals surface area contributed by atoms with Crippen LogP contribution >= 0.6 is 0 Å². The quantitative estimate of drug-likeness (QED) is 0.541. The summed E-state index contributed by atoms with van der Waals surface area (Å²) in [5.41, 5.74) is 5.54. The number of nitrogens with two attached hydrogens (primary N) is 1. The molecule has 0 aliphatic carbocycles. The van der Waals surface area contributed by atoms with Crippen LogP contribution < -0.4 is 11.1 Å². The van der Waals surface area contributed by atoms with Crippen LogP contribution in [-0.2, 0) is 14.3 Å². The largest absolute Gasteiger partial charge is 0.479 e. The van der Waals surface area contributed by atoms with Crippen LogP contribution in [0, 0.1) is 11.8 Å². The van der Waals surface area contributed by atoms with E-state index in [0.717, 1.165) is 12.8 Å². The minimum absolute atomic E-state index is 0.00605. The van der Waals surface area contributed by atoms with E-state index in [1.54, 1.807) is 0 Å². The molecule has 0 aliphatic rings. The summed E-state index contributed by atoms with van der Waals surface area (Å²) >= 11 is 0. The Bertz CT molecular complexity index is 282. The second-order valence-corrected chi connectivity index (χ2v) is 4.99. The van der Waals surface area contributed by atoms with Crippen molar-refractivity contribution in [3.8, 4) is 0 Å². The summed E-state index contributed by atoms with van der Waals surface area (Å²) in [6.45, 7) is 4.84. The number of carboxylic acid groups (broad SMARTS) is 1. The van der Waals surface area contributed by atoms with E-state index >= 15 is 0 Å². The summed E-state index contributed by atoms with van der Waals surface area (Å²) < 4.78 is 4.73. The molecule has 0 aliphatic heterocycles. The summed E-state index contributed by atoms with van der Waals surface area (Å²) in [5.74, 6) is -0.313. The van der Waals surface area contributed by atoms with Crippen LogP contribution in [0.15, 0.2) is 0 Å². The predicted molar refractivity (Wildman–Crippen MR) is 72.7 cm³/mol. The van der Waals surface area contributed by atoms with Gasteiger partial charge in [0.25, 0.3) is 0 Å². The monoisotopic (exact) mass is 274 g/mol. The second-order valence-electron chi connectivity index (χ2n) is 4.99. The number of hydrogen-bond acceptors (Lipinski definition) is 4. The van der Waals surface area contributed by atoms with Crippen LogP contribution in [0.3, 0.4) is 0 Å². The molecular weight excluding hydrogens is 248 g/mol. The van der Waals surface area contributed by atoms with Gasteiger partial charge in [0.2, 0.25) is 5.91 Å². The van der Waals surface area contributed by atoms with E-state index in [1.165, 1.54) is 7.11 Å². The van der Waals surface area contributed by atoms with Crippen molar-refractivity contribution < 1.29 is 19.4 Å². The van der Waals surface area contributed by atoms with Gasteiger partial charge in [0, 0.05) is 13.5 Å².